The van der Waals surface area contributed by atoms with Crippen LogP contribution in [0.25, 0.3) is 0 Å². The highest BCUT2D eigenvalue weighted by molar-refractivity contribution is 5.94. The second-order valence-corrected chi connectivity index (χ2v) is 6.08. The minimum absolute atomic E-state index is 0.0756. The molecular formula is C19H21N3O2. The van der Waals surface area contributed by atoms with Gasteiger partial charge in [-0.3, -0.25) is 4.79 Å². The van der Waals surface area contributed by atoms with Crippen molar-refractivity contribution in [3.8, 4) is 0 Å². The molecule has 3 amide bonds. The van der Waals surface area contributed by atoms with E-state index in [1.807, 2.05) is 31.2 Å². The number of rotatable bonds is 5. The van der Waals surface area contributed by atoms with Crippen molar-refractivity contribution in [3.05, 3.63) is 59.7 Å². The van der Waals surface area contributed by atoms with E-state index in [4.69, 9.17) is 0 Å². The molecule has 0 unspecified atom stereocenters. The van der Waals surface area contributed by atoms with Crippen molar-refractivity contribution in [2.45, 2.75) is 26.3 Å². The molecule has 1 fully saturated rings. The Hall–Kier alpha value is -2.82. The quantitative estimate of drug-likeness (QED) is 0.786. The highest BCUT2D eigenvalue weighted by Gasteiger charge is 2.29. The van der Waals surface area contributed by atoms with Gasteiger partial charge in [0.25, 0.3) is 0 Å². The Bertz CT molecular complexity index is 737. The number of hydrogen-bond acceptors (Lipinski definition) is 2. The average Bonchev–Trinajstić information content (AvgIpc) is 3.41. The first-order chi connectivity index (χ1) is 11.6. The summed E-state index contributed by atoms with van der Waals surface area (Å²) in [7, 11) is 0. The van der Waals surface area contributed by atoms with E-state index < -0.39 is 0 Å². The van der Waals surface area contributed by atoms with E-state index in [-0.39, 0.29) is 17.9 Å². The van der Waals surface area contributed by atoms with E-state index in [2.05, 4.69) is 16.0 Å². The van der Waals surface area contributed by atoms with Crippen molar-refractivity contribution in [1.29, 1.82) is 0 Å². The third-order valence-electron chi connectivity index (χ3n) is 4.06. The van der Waals surface area contributed by atoms with Gasteiger partial charge in [-0.15, -0.1) is 0 Å². The fraction of sp³-hybridized carbons (Fsp3) is 0.263. The molecule has 0 atom stereocenters. The molecule has 0 aromatic heterocycles. The van der Waals surface area contributed by atoms with Crippen LogP contribution in [0.4, 0.5) is 16.2 Å². The van der Waals surface area contributed by atoms with Crippen LogP contribution in [0.2, 0.25) is 0 Å². The Morgan fingerprint density at radius 2 is 1.58 bits per heavy atom. The lowest BCUT2D eigenvalue weighted by Gasteiger charge is -2.10. The molecule has 5 nitrogen and oxygen atoms in total. The zero-order valence-corrected chi connectivity index (χ0v) is 13.6. The SMILES string of the molecule is Cc1ccccc1CNC(=O)Nc1ccc(NC(=O)C2CC2)cc1. The van der Waals surface area contributed by atoms with Crippen molar-refractivity contribution in [2.24, 2.45) is 5.92 Å². The molecular weight excluding hydrogens is 302 g/mol. The molecule has 1 aliphatic carbocycles. The highest BCUT2D eigenvalue weighted by atomic mass is 16.2. The van der Waals surface area contributed by atoms with E-state index in [1.54, 1.807) is 24.3 Å². The molecule has 0 spiro atoms. The van der Waals surface area contributed by atoms with Crippen LogP contribution >= 0.6 is 0 Å². The first-order valence-electron chi connectivity index (χ1n) is 8.12. The number of anilines is 2. The summed E-state index contributed by atoms with van der Waals surface area (Å²) in [4.78, 5) is 23.7. The number of benzene rings is 2. The number of carbonyl (C=O) groups is 2. The van der Waals surface area contributed by atoms with E-state index in [1.165, 1.54) is 0 Å². The van der Waals surface area contributed by atoms with E-state index in [0.29, 0.717) is 12.2 Å². The minimum Gasteiger partial charge on any atom is -0.334 e. The lowest BCUT2D eigenvalue weighted by atomic mass is 10.1. The zero-order chi connectivity index (χ0) is 16.9. The van der Waals surface area contributed by atoms with Crippen molar-refractivity contribution in [2.75, 3.05) is 10.6 Å². The zero-order valence-electron chi connectivity index (χ0n) is 13.6. The molecule has 2 aromatic carbocycles. The second kappa shape index (κ2) is 7.17. The van der Waals surface area contributed by atoms with Crippen molar-refractivity contribution < 1.29 is 9.59 Å². The minimum atomic E-state index is -0.256. The second-order valence-electron chi connectivity index (χ2n) is 6.08. The fourth-order valence-electron chi connectivity index (χ4n) is 2.39. The van der Waals surface area contributed by atoms with Gasteiger partial charge < -0.3 is 16.0 Å². The molecule has 0 bridgehead atoms. The summed E-state index contributed by atoms with van der Waals surface area (Å²) in [5.41, 5.74) is 3.67. The van der Waals surface area contributed by atoms with Gasteiger partial charge in [-0.25, -0.2) is 4.79 Å². The number of nitrogens with one attached hydrogen (secondary N) is 3. The van der Waals surface area contributed by atoms with Crippen LogP contribution < -0.4 is 16.0 Å². The van der Waals surface area contributed by atoms with Crippen LogP contribution in [0.15, 0.2) is 48.5 Å². The van der Waals surface area contributed by atoms with Crippen LogP contribution in [0.5, 0.6) is 0 Å². The van der Waals surface area contributed by atoms with Crippen molar-refractivity contribution >= 4 is 23.3 Å². The molecule has 1 saturated carbocycles. The van der Waals surface area contributed by atoms with Gasteiger partial charge in [0, 0.05) is 23.8 Å². The topological polar surface area (TPSA) is 70.2 Å². The van der Waals surface area contributed by atoms with Gasteiger partial charge in [0.2, 0.25) is 5.91 Å². The maximum absolute atomic E-state index is 12.0. The largest absolute Gasteiger partial charge is 0.334 e. The van der Waals surface area contributed by atoms with E-state index in [9.17, 15) is 9.59 Å². The number of amides is 3. The number of aryl methyl sites for hydroxylation is 1. The summed E-state index contributed by atoms with van der Waals surface area (Å²) in [5.74, 6) is 0.252. The first-order valence-corrected chi connectivity index (χ1v) is 8.12. The maximum atomic E-state index is 12.0. The lowest BCUT2D eigenvalue weighted by molar-refractivity contribution is -0.117. The third kappa shape index (κ3) is 4.35. The van der Waals surface area contributed by atoms with Crippen LogP contribution in [-0.2, 0) is 11.3 Å². The molecule has 1 aliphatic rings. The lowest BCUT2D eigenvalue weighted by Crippen LogP contribution is -2.28. The van der Waals surface area contributed by atoms with E-state index in [0.717, 1.165) is 29.7 Å². The number of urea groups is 1. The molecule has 3 N–H and O–H groups in total. The van der Waals surface area contributed by atoms with Crippen molar-refractivity contribution in [1.82, 2.24) is 5.32 Å². The Balaban J connectivity index is 1.49. The highest BCUT2D eigenvalue weighted by Crippen LogP contribution is 2.30. The smallest absolute Gasteiger partial charge is 0.319 e. The summed E-state index contributed by atoms with van der Waals surface area (Å²) >= 11 is 0. The van der Waals surface area contributed by atoms with Crippen LogP contribution in [0, 0.1) is 12.8 Å². The molecule has 5 heteroatoms. The normalized spacial score (nSPS) is 13.2. The summed E-state index contributed by atoms with van der Waals surface area (Å²) in [6.45, 7) is 2.50. The summed E-state index contributed by atoms with van der Waals surface area (Å²) in [5, 5.41) is 8.49. The standard InChI is InChI=1S/C19H21N3O2/c1-13-4-2-3-5-15(13)12-20-19(24)22-17-10-8-16(9-11-17)21-18(23)14-6-7-14/h2-5,8-11,14H,6-7,12H2,1H3,(H,21,23)(H2,20,22,24). The van der Waals surface area contributed by atoms with Gasteiger partial charge in [0.1, 0.15) is 0 Å². The fourth-order valence-corrected chi connectivity index (χ4v) is 2.39. The molecule has 3 rings (SSSR count). The predicted octanol–water partition coefficient (Wildman–Crippen LogP) is 3.67. The summed E-state index contributed by atoms with van der Waals surface area (Å²) < 4.78 is 0. The number of carbonyl (C=O) groups excluding carboxylic acids is 2. The van der Waals surface area contributed by atoms with Gasteiger partial charge in [0.15, 0.2) is 0 Å². The van der Waals surface area contributed by atoms with Crippen LogP contribution in [0.3, 0.4) is 0 Å². The maximum Gasteiger partial charge on any atom is 0.319 e. The molecule has 24 heavy (non-hydrogen) atoms. The van der Waals surface area contributed by atoms with Gasteiger partial charge >= 0.3 is 6.03 Å². The molecule has 0 saturated heterocycles. The Kier molecular flexibility index (Phi) is 4.79. The monoisotopic (exact) mass is 323 g/mol. The van der Waals surface area contributed by atoms with Crippen molar-refractivity contribution in [3.63, 3.8) is 0 Å². The first kappa shape index (κ1) is 16.1. The van der Waals surface area contributed by atoms with Gasteiger partial charge in [-0.2, -0.15) is 0 Å². The Morgan fingerprint density at radius 1 is 0.958 bits per heavy atom. The molecule has 0 aliphatic heterocycles. The van der Waals surface area contributed by atoms with Gasteiger partial charge in [0.05, 0.1) is 0 Å². The Labute approximate surface area is 141 Å². The summed E-state index contributed by atoms with van der Waals surface area (Å²) in [6, 6.07) is 14.8. The molecule has 0 heterocycles. The third-order valence-corrected chi connectivity index (χ3v) is 4.06. The van der Waals surface area contributed by atoms with E-state index >= 15 is 0 Å². The summed E-state index contributed by atoms with van der Waals surface area (Å²) in [6.07, 6.45) is 1.96. The molecule has 0 radical (unpaired) electrons. The average molecular weight is 323 g/mol. The predicted molar refractivity (Wildman–Crippen MR) is 94.8 cm³/mol. The van der Waals surface area contributed by atoms with Gasteiger partial charge in [-0.05, 0) is 55.2 Å². The molecule has 2 aromatic rings. The number of hydrogen-bond donors (Lipinski definition) is 3. The molecule has 124 valence electrons. The van der Waals surface area contributed by atoms with Crippen LogP contribution in [-0.4, -0.2) is 11.9 Å². The van der Waals surface area contributed by atoms with Crippen LogP contribution in [0.1, 0.15) is 24.0 Å². The van der Waals surface area contributed by atoms with Gasteiger partial charge in [-0.1, -0.05) is 24.3 Å². The Morgan fingerprint density at radius 3 is 2.21 bits per heavy atom.